The van der Waals surface area contributed by atoms with E-state index in [2.05, 4.69) is 30.2 Å². The Bertz CT molecular complexity index is 2480. The lowest BCUT2D eigenvalue weighted by atomic mass is 9.92. The smallest absolute Gasteiger partial charge is 0.317 e. The molecule has 6 amide bonds. The molecule has 9 rings (SSSR count). The normalized spacial score (nSPS) is 19.3. The molecule has 2 saturated heterocycles. The Hall–Kier alpha value is -6.17. The maximum absolute atomic E-state index is 14.7. The standard InChI is InChI=1S/C46H54F2N10O6/c1-49-46(63)55-21-16-35-34(27-55)42(56-18-8-9-28-23-32(29-25-50-53(2)26-29)33(41(47)48)24-37(28)56)52-58(35)30-14-19-54(20-15-30)17-5-3-4-6-22-64-38-11-7-10-31-40(38)45(62)57(44(31)61)36-12-13-39(59)51-43(36)60/h7,10-11,23-26,30,36,41H,3-6,8-9,12-22,27H2,1-2H3,(H,49,63)(H,51,59,60). The van der Waals surface area contributed by atoms with Crippen molar-refractivity contribution in [3.05, 3.63) is 76.2 Å². The van der Waals surface area contributed by atoms with Gasteiger partial charge in [0, 0.05) is 87.4 Å². The third-order valence-electron chi connectivity index (χ3n) is 13.4. The quantitative estimate of drug-likeness (QED) is 0.126. The van der Waals surface area contributed by atoms with Crippen LogP contribution in [-0.4, -0.2) is 116 Å². The zero-order valence-corrected chi connectivity index (χ0v) is 36.3. The highest BCUT2D eigenvalue weighted by atomic mass is 19.3. The molecule has 0 bridgehead atoms. The highest BCUT2D eigenvalue weighted by molar-refractivity contribution is 6.24. The number of anilines is 2. The zero-order valence-electron chi connectivity index (χ0n) is 36.3. The van der Waals surface area contributed by atoms with Crippen LogP contribution >= 0.6 is 0 Å². The Labute approximate surface area is 369 Å². The summed E-state index contributed by atoms with van der Waals surface area (Å²) in [6, 6.07) is 7.42. The van der Waals surface area contributed by atoms with E-state index >= 15 is 0 Å². The maximum atomic E-state index is 14.7. The number of nitrogens with one attached hydrogen (secondary N) is 2. The summed E-state index contributed by atoms with van der Waals surface area (Å²) in [5.74, 6) is -1.13. The summed E-state index contributed by atoms with van der Waals surface area (Å²) in [6.45, 7) is 4.78. The first-order valence-corrected chi connectivity index (χ1v) is 22.5. The molecule has 5 aliphatic heterocycles. The lowest BCUT2D eigenvalue weighted by Gasteiger charge is -2.34. The van der Waals surface area contributed by atoms with Gasteiger partial charge in [0.05, 0.1) is 36.5 Å². The lowest BCUT2D eigenvalue weighted by molar-refractivity contribution is -0.136. The number of aromatic nitrogens is 4. The first-order valence-electron chi connectivity index (χ1n) is 22.5. The van der Waals surface area contributed by atoms with E-state index in [0.29, 0.717) is 49.5 Å². The summed E-state index contributed by atoms with van der Waals surface area (Å²) >= 11 is 0. The lowest BCUT2D eigenvalue weighted by Crippen LogP contribution is -2.54. The number of ether oxygens (including phenoxy) is 1. The second-order valence-electron chi connectivity index (χ2n) is 17.4. The molecular formula is C46H54F2N10O6. The van der Waals surface area contributed by atoms with Crippen molar-refractivity contribution in [2.45, 2.75) is 95.7 Å². The number of aryl methyl sites for hydroxylation is 2. The van der Waals surface area contributed by atoms with Gasteiger partial charge in [-0.25, -0.2) is 13.6 Å². The van der Waals surface area contributed by atoms with Crippen molar-refractivity contribution in [2.24, 2.45) is 7.05 Å². The number of hydrogen-bond donors (Lipinski definition) is 2. The van der Waals surface area contributed by atoms with E-state index in [1.807, 2.05) is 6.07 Å². The van der Waals surface area contributed by atoms with Crippen LogP contribution in [0.3, 0.4) is 0 Å². The van der Waals surface area contributed by atoms with Crippen molar-refractivity contribution in [1.82, 2.24) is 44.9 Å². The molecule has 4 aromatic rings. The van der Waals surface area contributed by atoms with Crippen molar-refractivity contribution in [1.29, 1.82) is 0 Å². The van der Waals surface area contributed by atoms with Crippen LogP contribution in [0.5, 0.6) is 5.75 Å². The summed E-state index contributed by atoms with van der Waals surface area (Å²) in [4.78, 5) is 70.9. The predicted molar refractivity (Wildman–Crippen MR) is 232 cm³/mol. The minimum absolute atomic E-state index is 0.0345. The Morgan fingerprint density at radius 1 is 0.953 bits per heavy atom. The molecule has 0 spiro atoms. The average Bonchev–Trinajstić information content (AvgIpc) is 3.98. The van der Waals surface area contributed by atoms with Crippen molar-refractivity contribution in [2.75, 3.05) is 51.3 Å². The van der Waals surface area contributed by atoms with Gasteiger partial charge in [0.2, 0.25) is 11.8 Å². The summed E-state index contributed by atoms with van der Waals surface area (Å²) in [6.07, 6.45) is 8.69. The van der Waals surface area contributed by atoms with Crippen LogP contribution in [-0.2, 0) is 36.0 Å². The summed E-state index contributed by atoms with van der Waals surface area (Å²) in [7, 11) is 3.41. The molecule has 338 valence electrons. The molecule has 1 unspecified atom stereocenters. The van der Waals surface area contributed by atoms with Gasteiger partial charge >= 0.3 is 6.03 Å². The van der Waals surface area contributed by atoms with Crippen LogP contribution in [0.15, 0.2) is 42.7 Å². The molecule has 2 aromatic carbocycles. The third kappa shape index (κ3) is 8.23. The fraction of sp³-hybridized carbons (Fsp3) is 0.500. The first-order chi connectivity index (χ1) is 31.0. The number of fused-ring (bicyclic) bond motifs is 3. The van der Waals surface area contributed by atoms with E-state index in [0.717, 1.165) is 104 Å². The Morgan fingerprint density at radius 2 is 1.77 bits per heavy atom. The van der Waals surface area contributed by atoms with E-state index in [1.165, 1.54) is 0 Å². The Morgan fingerprint density at radius 3 is 2.52 bits per heavy atom. The van der Waals surface area contributed by atoms with Crippen LogP contribution in [0.4, 0.5) is 25.1 Å². The first kappa shape index (κ1) is 43.1. The summed E-state index contributed by atoms with van der Waals surface area (Å²) < 4.78 is 39.3. The van der Waals surface area contributed by atoms with Crippen LogP contribution in [0.25, 0.3) is 11.1 Å². The van der Waals surface area contributed by atoms with Gasteiger partial charge < -0.3 is 24.8 Å². The van der Waals surface area contributed by atoms with Gasteiger partial charge in [-0.05, 0) is 86.9 Å². The molecule has 7 heterocycles. The number of piperidine rings is 2. The topological polar surface area (TPSA) is 167 Å². The van der Waals surface area contributed by atoms with Crippen LogP contribution in [0, 0.1) is 0 Å². The largest absolute Gasteiger partial charge is 0.493 e. The van der Waals surface area contributed by atoms with Gasteiger partial charge in [-0.2, -0.15) is 10.2 Å². The van der Waals surface area contributed by atoms with Crippen LogP contribution < -0.4 is 20.3 Å². The molecule has 2 N–H and O–H groups in total. The Kier molecular flexibility index (Phi) is 12.2. The third-order valence-corrected chi connectivity index (χ3v) is 13.4. The summed E-state index contributed by atoms with van der Waals surface area (Å²) in [5.41, 5.74) is 5.32. The number of imide groups is 2. The van der Waals surface area contributed by atoms with Gasteiger partial charge in [0.15, 0.2) is 5.82 Å². The van der Waals surface area contributed by atoms with Gasteiger partial charge in [-0.1, -0.05) is 18.9 Å². The number of likely N-dealkylation sites (tertiary alicyclic amines) is 1. The molecule has 1 atom stereocenters. The van der Waals surface area contributed by atoms with Crippen molar-refractivity contribution < 1.29 is 37.5 Å². The number of amides is 6. The fourth-order valence-corrected chi connectivity index (χ4v) is 10.1. The number of hydrogen-bond acceptors (Lipinski definition) is 10. The van der Waals surface area contributed by atoms with Gasteiger partial charge in [-0.3, -0.25) is 38.8 Å². The molecule has 0 aliphatic carbocycles. The minimum atomic E-state index is -2.68. The van der Waals surface area contributed by atoms with Crippen molar-refractivity contribution in [3.8, 4) is 16.9 Å². The number of alkyl halides is 2. The molecular weight excluding hydrogens is 827 g/mol. The maximum Gasteiger partial charge on any atom is 0.317 e. The van der Waals surface area contributed by atoms with E-state index in [4.69, 9.17) is 9.84 Å². The second kappa shape index (κ2) is 18.1. The molecule has 64 heavy (non-hydrogen) atoms. The molecule has 2 fully saturated rings. The molecule has 0 radical (unpaired) electrons. The molecule has 5 aliphatic rings. The fourth-order valence-electron chi connectivity index (χ4n) is 10.1. The number of carbonyl (C=O) groups excluding carboxylic acids is 5. The molecule has 2 aromatic heterocycles. The van der Waals surface area contributed by atoms with Gasteiger partial charge in [0.1, 0.15) is 11.8 Å². The van der Waals surface area contributed by atoms with Gasteiger partial charge in [-0.15, -0.1) is 0 Å². The number of unbranched alkanes of at least 4 members (excludes halogenated alkanes) is 3. The second-order valence-corrected chi connectivity index (χ2v) is 17.4. The van der Waals surface area contributed by atoms with E-state index in [9.17, 15) is 32.8 Å². The van der Waals surface area contributed by atoms with Crippen LogP contribution in [0.1, 0.15) is 113 Å². The van der Waals surface area contributed by atoms with Gasteiger partial charge in [0.25, 0.3) is 18.2 Å². The highest BCUT2D eigenvalue weighted by Gasteiger charge is 2.46. The number of rotatable bonds is 13. The number of halogens is 2. The monoisotopic (exact) mass is 880 g/mol. The number of urea groups is 1. The zero-order chi connectivity index (χ0) is 44.6. The number of carbonyl (C=O) groups is 5. The molecule has 18 heteroatoms. The van der Waals surface area contributed by atoms with E-state index < -0.39 is 36.1 Å². The SMILES string of the molecule is CNC(=O)N1CCc2c(c(N3CCCc4cc(-c5cnn(C)c5)c(C(F)F)cc43)nn2C2CCN(CCCCCCOc3cccc4c3C(=O)N(C3CCC(=O)NC3=O)C4=O)CC2)C1. The van der Waals surface area contributed by atoms with E-state index in [1.54, 1.807) is 60.3 Å². The number of benzene rings is 2. The van der Waals surface area contributed by atoms with Crippen molar-refractivity contribution >= 4 is 41.2 Å². The Balaban J connectivity index is 0.806. The number of nitrogens with zero attached hydrogens (tertiary/aromatic N) is 8. The molecule has 16 nitrogen and oxygen atoms in total. The minimum Gasteiger partial charge on any atom is -0.493 e. The van der Waals surface area contributed by atoms with Crippen molar-refractivity contribution in [3.63, 3.8) is 0 Å². The predicted octanol–water partition coefficient (Wildman–Crippen LogP) is 5.68. The van der Waals surface area contributed by atoms with E-state index in [-0.39, 0.29) is 41.6 Å². The molecule has 0 saturated carbocycles. The highest BCUT2D eigenvalue weighted by Crippen LogP contribution is 2.44. The summed E-state index contributed by atoms with van der Waals surface area (Å²) in [5, 5.41) is 14.5. The van der Waals surface area contributed by atoms with Crippen LogP contribution in [0.2, 0.25) is 0 Å². The average molecular weight is 881 g/mol.